The first-order valence-corrected chi connectivity index (χ1v) is 5.81. The van der Waals surface area contributed by atoms with Gasteiger partial charge in [0.2, 0.25) is 0 Å². The highest BCUT2D eigenvalue weighted by molar-refractivity contribution is 5.50. The highest BCUT2D eigenvalue weighted by Crippen LogP contribution is 2.17. The second-order valence-electron chi connectivity index (χ2n) is 4.40. The molecule has 0 unspecified atom stereocenters. The van der Waals surface area contributed by atoms with E-state index in [1.165, 1.54) is 18.2 Å². The van der Waals surface area contributed by atoms with Crippen molar-refractivity contribution < 1.29 is 8.78 Å². The Kier molecular flexibility index (Phi) is 3.60. The first-order valence-electron chi connectivity index (χ1n) is 5.81. The normalized spacial score (nSPS) is 10.4. The third-order valence-electron chi connectivity index (χ3n) is 2.91. The van der Waals surface area contributed by atoms with E-state index in [0.717, 1.165) is 16.8 Å². The lowest BCUT2D eigenvalue weighted by Gasteiger charge is -2.10. The van der Waals surface area contributed by atoms with Crippen LogP contribution in [0.2, 0.25) is 0 Å². The van der Waals surface area contributed by atoms with Crippen molar-refractivity contribution in [1.29, 1.82) is 0 Å². The molecule has 2 aromatic carbocycles. The number of hydrogen-bond donors (Lipinski definition) is 1. The molecule has 0 aromatic heterocycles. The van der Waals surface area contributed by atoms with Crippen molar-refractivity contribution in [2.24, 2.45) is 0 Å². The van der Waals surface area contributed by atoms with Gasteiger partial charge in [-0.15, -0.1) is 0 Å². The summed E-state index contributed by atoms with van der Waals surface area (Å²) in [5.74, 6) is -0.454. The van der Waals surface area contributed by atoms with Crippen molar-refractivity contribution in [1.82, 2.24) is 0 Å². The highest BCUT2D eigenvalue weighted by atomic mass is 19.1. The third-order valence-corrected chi connectivity index (χ3v) is 2.91. The zero-order valence-electron chi connectivity index (χ0n) is 10.4. The summed E-state index contributed by atoms with van der Waals surface area (Å²) in [6.45, 7) is 4.08. The summed E-state index contributed by atoms with van der Waals surface area (Å²) in [6, 6.07) is 9.72. The molecular formula is C15H15F2N. The minimum Gasteiger partial charge on any atom is -0.381 e. The van der Waals surface area contributed by atoms with Gasteiger partial charge in [0.1, 0.15) is 11.6 Å². The molecule has 0 fully saturated rings. The van der Waals surface area contributed by atoms with E-state index in [-0.39, 0.29) is 11.6 Å². The Labute approximate surface area is 105 Å². The van der Waals surface area contributed by atoms with E-state index < -0.39 is 0 Å². The van der Waals surface area contributed by atoms with Gasteiger partial charge in [-0.2, -0.15) is 0 Å². The van der Waals surface area contributed by atoms with Gasteiger partial charge >= 0.3 is 0 Å². The number of anilines is 1. The number of benzene rings is 2. The number of rotatable bonds is 3. The number of nitrogens with one attached hydrogen (secondary N) is 1. The molecule has 0 amide bonds. The Hall–Kier alpha value is -1.90. The lowest BCUT2D eigenvalue weighted by atomic mass is 10.1. The lowest BCUT2D eigenvalue weighted by molar-refractivity contribution is 0.616. The first kappa shape index (κ1) is 12.6. The van der Waals surface area contributed by atoms with Crippen molar-refractivity contribution in [3.8, 4) is 0 Å². The summed E-state index contributed by atoms with van der Waals surface area (Å²) >= 11 is 0. The number of hydrogen-bond acceptors (Lipinski definition) is 1. The molecule has 1 nitrogen and oxygen atoms in total. The van der Waals surface area contributed by atoms with E-state index in [2.05, 4.69) is 5.32 Å². The molecule has 18 heavy (non-hydrogen) atoms. The van der Waals surface area contributed by atoms with E-state index in [9.17, 15) is 8.78 Å². The van der Waals surface area contributed by atoms with Crippen LogP contribution in [0.1, 0.15) is 16.7 Å². The fourth-order valence-electron chi connectivity index (χ4n) is 1.77. The third kappa shape index (κ3) is 2.86. The van der Waals surface area contributed by atoms with Crippen molar-refractivity contribution >= 4 is 5.69 Å². The topological polar surface area (TPSA) is 12.0 Å². The van der Waals surface area contributed by atoms with Gasteiger partial charge in [0.15, 0.2) is 0 Å². The lowest BCUT2D eigenvalue weighted by Crippen LogP contribution is -2.02. The van der Waals surface area contributed by atoms with Gasteiger partial charge < -0.3 is 5.32 Å². The Morgan fingerprint density at radius 3 is 2.39 bits per heavy atom. The van der Waals surface area contributed by atoms with E-state index in [0.29, 0.717) is 12.1 Å². The Bertz CT molecular complexity index is 564. The van der Waals surface area contributed by atoms with Crippen LogP contribution in [-0.4, -0.2) is 0 Å². The van der Waals surface area contributed by atoms with Crippen LogP contribution in [0.3, 0.4) is 0 Å². The van der Waals surface area contributed by atoms with Crippen molar-refractivity contribution in [2.75, 3.05) is 5.32 Å². The Balaban J connectivity index is 2.09. The van der Waals surface area contributed by atoms with Gasteiger partial charge in [-0.25, -0.2) is 8.78 Å². The molecule has 0 aliphatic heterocycles. The maximum atomic E-state index is 13.4. The molecule has 0 aliphatic carbocycles. The molecule has 1 N–H and O–H groups in total. The van der Waals surface area contributed by atoms with E-state index in [1.54, 1.807) is 19.1 Å². The molecule has 2 rings (SSSR count). The minimum atomic E-state index is -0.251. The molecule has 0 aliphatic rings. The summed E-state index contributed by atoms with van der Waals surface area (Å²) in [6.07, 6.45) is 0. The fraction of sp³-hybridized carbons (Fsp3) is 0.200. The zero-order valence-corrected chi connectivity index (χ0v) is 10.4. The predicted octanol–water partition coefficient (Wildman–Crippen LogP) is 4.19. The molecule has 0 saturated heterocycles. The molecule has 0 bridgehead atoms. The summed E-state index contributed by atoms with van der Waals surface area (Å²) in [7, 11) is 0. The van der Waals surface area contributed by atoms with Crippen molar-refractivity contribution in [2.45, 2.75) is 20.4 Å². The largest absolute Gasteiger partial charge is 0.381 e. The zero-order chi connectivity index (χ0) is 13.1. The molecule has 3 heteroatoms. The van der Waals surface area contributed by atoms with Crippen LogP contribution in [0.5, 0.6) is 0 Å². The van der Waals surface area contributed by atoms with Crippen molar-refractivity contribution in [3.63, 3.8) is 0 Å². The van der Waals surface area contributed by atoms with Crippen LogP contribution in [0.4, 0.5) is 14.5 Å². The summed E-state index contributed by atoms with van der Waals surface area (Å²) in [5, 5.41) is 3.17. The molecule has 0 atom stereocenters. The van der Waals surface area contributed by atoms with Gasteiger partial charge in [0.05, 0.1) is 0 Å². The van der Waals surface area contributed by atoms with Crippen LogP contribution in [0.25, 0.3) is 0 Å². The standard InChI is InChI=1S/C15H15F2N/c1-10-3-4-12(8-14(10)17)9-18-15-6-5-13(16)7-11(15)2/h3-8,18H,9H2,1-2H3. The van der Waals surface area contributed by atoms with Crippen molar-refractivity contribution in [3.05, 3.63) is 64.7 Å². The minimum absolute atomic E-state index is 0.204. The monoisotopic (exact) mass is 247 g/mol. The number of halogens is 2. The van der Waals surface area contributed by atoms with Gasteiger partial charge in [-0.05, 0) is 54.8 Å². The molecule has 94 valence electrons. The van der Waals surface area contributed by atoms with Crippen LogP contribution in [0.15, 0.2) is 36.4 Å². The predicted molar refractivity (Wildman–Crippen MR) is 69.6 cm³/mol. The van der Waals surface area contributed by atoms with Gasteiger partial charge in [0.25, 0.3) is 0 Å². The maximum absolute atomic E-state index is 13.4. The second-order valence-corrected chi connectivity index (χ2v) is 4.40. The molecule has 0 saturated carbocycles. The smallest absolute Gasteiger partial charge is 0.126 e. The average molecular weight is 247 g/mol. The highest BCUT2D eigenvalue weighted by Gasteiger charge is 2.02. The van der Waals surface area contributed by atoms with E-state index >= 15 is 0 Å². The van der Waals surface area contributed by atoms with Gasteiger partial charge in [0, 0.05) is 12.2 Å². The first-order chi connectivity index (χ1) is 8.56. The van der Waals surface area contributed by atoms with E-state index in [4.69, 9.17) is 0 Å². The molecule has 2 aromatic rings. The van der Waals surface area contributed by atoms with Crippen LogP contribution in [0, 0.1) is 25.5 Å². The SMILES string of the molecule is Cc1ccc(CNc2ccc(F)cc2C)cc1F. The Morgan fingerprint density at radius 1 is 0.944 bits per heavy atom. The average Bonchev–Trinajstić information content (AvgIpc) is 2.32. The fourth-order valence-corrected chi connectivity index (χ4v) is 1.77. The maximum Gasteiger partial charge on any atom is 0.126 e. The second kappa shape index (κ2) is 5.17. The quantitative estimate of drug-likeness (QED) is 0.857. The molecule has 0 radical (unpaired) electrons. The molecule has 0 heterocycles. The number of aryl methyl sites for hydroxylation is 2. The molecular weight excluding hydrogens is 232 g/mol. The molecule has 0 spiro atoms. The Morgan fingerprint density at radius 2 is 1.72 bits per heavy atom. The van der Waals surface area contributed by atoms with Crippen LogP contribution < -0.4 is 5.32 Å². The van der Waals surface area contributed by atoms with Gasteiger partial charge in [-0.3, -0.25) is 0 Å². The summed E-state index contributed by atoms with van der Waals surface area (Å²) < 4.78 is 26.3. The van der Waals surface area contributed by atoms with Gasteiger partial charge in [-0.1, -0.05) is 12.1 Å². The van der Waals surface area contributed by atoms with Crippen LogP contribution >= 0.6 is 0 Å². The summed E-state index contributed by atoms with van der Waals surface area (Å²) in [4.78, 5) is 0. The van der Waals surface area contributed by atoms with E-state index in [1.807, 2.05) is 13.0 Å². The van der Waals surface area contributed by atoms with Crippen LogP contribution in [-0.2, 0) is 6.54 Å². The summed E-state index contributed by atoms with van der Waals surface area (Å²) in [5.41, 5.74) is 3.19.